The standard InChI is InChI=1S/C18H18N2O5/c1-20(15(16(21)22)12-8-4-3-5-9-12)18(24)19-14-11-7-6-10-13(14)17(23)25-2/h3-11,15H,1-2H3,(H,19,24)(H,21,22). The number of methoxy groups -OCH3 is 1. The van der Waals surface area contributed by atoms with Gasteiger partial charge in [0.15, 0.2) is 6.04 Å². The summed E-state index contributed by atoms with van der Waals surface area (Å²) in [5, 5.41) is 12.1. The largest absolute Gasteiger partial charge is 0.479 e. The average molecular weight is 342 g/mol. The number of aliphatic carboxylic acids is 1. The number of nitrogens with one attached hydrogen (secondary N) is 1. The quantitative estimate of drug-likeness (QED) is 0.815. The summed E-state index contributed by atoms with van der Waals surface area (Å²) in [7, 11) is 2.62. The summed E-state index contributed by atoms with van der Waals surface area (Å²) in [4.78, 5) is 36.9. The van der Waals surface area contributed by atoms with E-state index in [1.165, 1.54) is 26.3 Å². The van der Waals surface area contributed by atoms with Crippen LogP contribution in [0.3, 0.4) is 0 Å². The number of anilines is 1. The first kappa shape index (κ1) is 18.0. The van der Waals surface area contributed by atoms with Crippen molar-refractivity contribution < 1.29 is 24.2 Å². The number of hydrogen-bond acceptors (Lipinski definition) is 4. The summed E-state index contributed by atoms with van der Waals surface area (Å²) >= 11 is 0. The monoisotopic (exact) mass is 342 g/mol. The first-order valence-corrected chi connectivity index (χ1v) is 7.44. The van der Waals surface area contributed by atoms with Crippen molar-refractivity contribution in [1.82, 2.24) is 4.90 Å². The van der Waals surface area contributed by atoms with E-state index in [1.54, 1.807) is 42.5 Å². The predicted octanol–water partition coefficient (Wildman–Crippen LogP) is 2.76. The number of likely N-dealkylation sites (N-methyl/N-ethyl adjacent to an activating group) is 1. The molecule has 0 fully saturated rings. The lowest BCUT2D eigenvalue weighted by Gasteiger charge is -2.25. The van der Waals surface area contributed by atoms with E-state index < -0.39 is 24.0 Å². The molecule has 0 aromatic heterocycles. The van der Waals surface area contributed by atoms with Crippen LogP contribution in [0, 0.1) is 0 Å². The molecule has 0 saturated heterocycles. The molecule has 7 nitrogen and oxygen atoms in total. The summed E-state index contributed by atoms with van der Waals surface area (Å²) in [6.07, 6.45) is 0. The summed E-state index contributed by atoms with van der Waals surface area (Å²) in [6, 6.07) is 12.9. The zero-order chi connectivity index (χ0) is 18.4. The molecule has 2 aromatic carbocycles. The molecular formula is C18H18N2O5. The number of urea groups is 1. The Balaban J connectivity index is 2.25. The predicted molar refractivity (Wildman–Crippen MR) is 91.4 cm³/mol. The van der Waals surface area contributed by atoms with Crippen LogP contribution in [0.4, 0.5) is 10.5 Å². The van der Waals surface area contributed by atoms with Gasteiger partial charge < -0.3 is 20.1 Å². The number of carbonyl (C=O) groups excluding carboxylic acids is 2. The Morgan fingerprint density at radius 2 is 1.64 bits per heavy atom. The maximum absolute atomic E-state index is 12.5. The number of ether oxygens (including phenoxy) is 1. The minimum Gasteiger partial charge on any atom is -0.479 e. The van der Waals surface area contributed by atoms with Crippen LogP contribution in [-0.2, 0) is 9.53 Å². The van der Waals surface area contributed by atoms with Crippen LogP contribution in [-0.4, -0.2) is 42.1 Å². The van der Waals surface area contributed by atoms with E-state index in [2.05, 4.69) is 10.1 Å². The molecule has 130 valence electrons. The number of amides is 2. The SMILES string of the molecule is COC(=O)c1ccccc1NC(=O)N(C)C(C(=O)O)c1ccccc1. The number of para-hydroxylation sites is 1. The van der Waals surface area contributed by atoms with Gasteiger partial charge in [-0.1, -0.05) is 42.5 Å². The lowest BCUT2D eigenvalue weighted by Crippen LogP contribution is -2.38. The Morgan fingerprint density at radius 3 is 2.24 bits per heavy atom. The van der Waals surface area contributed by atoms with Crippen molar-refractivity contribution in [2.45, 2.75) is 6.04 Å². The zero-order valence-corrected chi connectivity index (χ0v) is 13.8. The van der Waals surface area contributed by atoms with Gasteiger partial charge in [0.2, 0.25) is 0 Å². The first-order chi connectivity index (χ1) is 12.0. The Bertz CT molecular complexity index is 776. The Labute approximate surface area is 144 Å². The number of carboxylic acids is 1. The van der Waals surface area contributed by atoms with Gasteiger partial charge in [-0.2, -0.15) is 0 Å². The number of nitrogens with zero attached hydrogens (tertiary/aromatic N) is 1. The molecule has 0 aliphatic heterocycles. The van der Waals surface area contributed by atoms with Gasteiger partial charge in [0, 0.05) is 7.05 Å². The second kappa shape index (κ2) is 7.96. The molecule has 25 heavy (non-hydrogen) atoms. The van der Waals surface area contributed by atoms with Crippen molar-refractivity contribution in [1.29, 1.82) is 0 Å². The summed E-state index contributed by atoms with van der Waals surface area (Å²) in [6.45, 7) is 0. The van der Waals surface area contributed by atoms with Gasteiger partial charge in [-0.3, -0.25) is 0 Å². The number of carboxylic acid groups (broad SMARTS) is 1. The molecule has 2 N–H and O–H groups in total. The molecule has 0 heterocycles. The minimum atomic E-state index is -1.16. The number of benzene rings is 2. The topological polar surface area (TPSA) is 95.9 Å². The normalized spacial score (nSPS) is 11.3. The molecule has 0 radical (unpaired) electrons. The van der Waals surface area contributed by atoms with Gasteiger partial charge in [0.05, 0.1) is 18.4 Å². The lowest BCUT2D eigenvalue weighted by atomic mass is 10.1. The van der Waals surface area contributed by atoms with Crippen molar-refractivity contribution in [3.05, 3.63) is 65.7 Å². The van der Waals surface area contributed by atoms with E-state index in [0.29, 0.717) is 5.56 Å². The summed E-state index contributed by atoms with van der Waals surface area (Å²) in [5.41, 5.74) is 0.885. The maximum Gasteiger partial charge on any atom is 0.339 e. The van der Waals surface area contributed by atoms with Crippen LogP contribution in [0.15, 0.2) is 54.6 Å². The molecule has 0 aliphatic carbocycles. The van der Waals surface area contributed by atoms with Crippen LogP contribution in [0.5, 0.6) is 0 Å². The third-order valence-corrected chi connectivity index (χ3v) is 3.63. The van der Waals surface area contributed by atoms with Gasteiger partial charge in [-0.15, -0.1) is 0 Å². The average Bonchev–Trinajstić information content (AvgIpc) is 2.62. The molecule has 0 aliphatic rings. The van der Waals surface area contributed by atoms with Crippen molar-refractivity contribution in [2.24, 2.45) is 0 Å². The molecular weight excluding hydrogens is 324 g/mol. The molecule has 7 heteroatoms. The highest BCUT2D eigenvalue weighted by molar-refractivity contribution is 6.01. The molecule has 1 atom stereocenters. The Kier molecular flexibility index (Phi) is 5.73. The highest BCUT2D eigenvalue weighted by Gasteiger charge is 2.28. The van der Waals surface area contributed by atoms with Crippen molar-refractivity contribution in [2.75, 3.05) is 19.5 Å². The van der Waals surface area contributed by atoms with Crippen molar-refractivity contribution >= 4 is 23.7 Å². The van der Waals surface area contributed by atoms with Gasteiger partial charge >= 0.3 is 18.0 Å². The van der Waals surface area contributed by atoms with Crippen LogP contribution in [0.1, 0.15) is 22.0 Å². The smallest absolute Gasteiger partial charge is 0.339 e. The fourth-order valence-corrected chi connectivity index (χ4v) is 2.37. The summed E-state index contributed by atoms with van der Waals surface area (Å²) in [5.74, 6) is -1.76. The van der Waals surface area contributed by atoms with E-state index in [4.69, 9.17) is 0 Å². The number of carbonyl (C=O) groups is 3. The van der Waals surface area contributed by atoms with E-state index in [1.807, 2.05) is 0 Å². The fraction of sp³-hybridized carbons (Fsp3) is 0.167. The van der Waals surface area contributed by atoms with Crippen LogP contribution in [0.2, 0.25) is 0 Å². The van der Waals surface area contributed by atoms with Gasteiger partial charge in [0.25, 0.3) is 0 Å². The highest BCUT2D eigenvalue weighted by Crippen LogP contribution is 2.22. The van der Waals surface area contributed by atoms with Gasteiger partial charge in [-0.05, 0) is 17.7 Å². The fourth-order valence-electron chi connectivity index (χ4n) is 2.37. The van der Waals surface area contributed by atoms with E-state index in [-0.39, 0.29) is 11.3 Å². The van der Waals surface area contributed by atoms with Crippen molar-refractivity contribution in [3.63, 3.8) is 0 Å². The Hall–Kier alpha value is -3.35. The maximum atomic E-state index is 12.5. The van der Waals surface area contributed by atoms with Gasteiger partial charge in [-0.25, -0.2) is 14.4 Å². The minimum absolute atomic E-state index is 0.179. The number of rotatable bonds is 5. The Morgan fingerprint density at radius 1 is 1.04 bits per heavy atom. The second-order valence-electron chi connectivity index (χ2n) is 5.23. The van der Waals surface area contributed by atoms with E-state index in [9.17, 15) is 19.5 Å². The zero-order valence-electron chi connectivity index (χ0n) is 13.8. The van der Waals surface area contributed by atoms with Crippen LogP contribution in [0.25, 0.3) is 0 Å². The second-order valence-corrected chi connectivity index (χ2v) is 5.23. The number of esters is 1. The third-order valence-electron chi connectivity index (χ3n) is 3.63. The molecule has 2 aromatic rings. The van der Waals surface area contributed by atoms with Crippen LogP contribution < -0.4 is 5.32 Å². The first-order valence-electron chi connectivity index (χ1n) is 7.44. The van der Waals surface area contributed by atoms with Crippen molar-refractivity contribution in [3.8, 4) is 0 Å². The van der Waals surface area contributed by atoms with Gasteiger partial charge in [0.1, 0.15) is 0 Å². The molecule has 0 saturated carbocycles. The van der Waals surface area contributed by atoms with E-state index >= 15 is 0 Å². The number of hydrogen-bond donors (Lipinski definition) is 2. The molecule has 1 unspecified atom stereocenters. The molecule has 2 amide bonds. The van der Waals surface area contributed by atoms with E-state index in [0.717, 1.165) is 4.90 Å². The molecule has 0 bridgehead atoms. The lowest BCUT2D eigenvalue weighted by molar-refractivity contribution is -0.142. The molecule has 2 rings (SSSR count). The van der Waals surface area contributed by atoms with Crippen LogP contribution >= 0.6 is 0 Å². The molecule has 0 spiro atoms. The third kappa shape index (κ3) is 4.14. The summed E-state index contributed by atoms with van der Waals surface area (Å²) < 4.78 is 4.68. The highest BCUT2D eigenvalue weighted by atomic mass is 16.5.